The largest absolute Gasteiger partial charge is 0.494 e. The van der Waals surface area contributed by atoms with Crippen molar-refractivity contribution in [1.82, 2.24) is 4.98 Å². The Morgan fingerprint density at radius 2 is 1.92 bits per heavy atom. The maximum atomic E-state index is 12.6. The quantitative estimate of drug-likeness (QED) is 0.654. The Hall–Kier alpha value is -1.82. The van der Waals surface area contributed by atoms with Crippen molar-refractivity contribution in [3.05, 3.63) is 51.0 Å². The maximum Gasteiger partial charge on any atom is 0.261 e. The van der Waals surface area contributed by atoms with Gasteiger partial charge in [0, 0.05) is 5.02 Å². The molecule has 24 heavy (non-hydrogen) atoms. The van der Waals surface area contributed by atoms with E-state index in [-0.39, 0.29) is 22.2 Å². The second-order valence-electron chi connectivity index (χ2n) is 5.32. The number of aryl methyl sites for hydroxylation is 2. The van der Waals surface area contributed by atoms with Crippen LogP contribution in [0.5, 0.6) is 5.75 Å². The van der Waals surface area contributed by atoms with Gasteiger partial charge in [0.15, 0.2) is 5.13 Å². The van der Waals surface area contributed by atoms with Crippen molar-refractivity contribution < 1.29 is 9.53 Å². The summed E-state index contributed by atoms with van der Waals surface area (Å²) in [7, 11) is 1.45. The second kappa shape index (κ2) is 6.59. The Morgan fingerprint density at radius 1 is 1.21 bits per heavy atom. The van der Waals surface area contributed by atoms with Crippen molar-refractivity contribution >= 4 is 55.8 Å². The van der Waals surface area contributed by atoms with Gasteiger partial charge in [0.1, 0.15) is 5.75 Å². The highest BCUT2D eigenvalue weighted by molar-refractivity contribution is 7.22. The minimum Gasteiger partial charge on any atom is -0.494 e. The fourth-order valence-electron chi connectivity index (χ4n) is 2.41. The molecule has 124 valence electrons. The summed E-state index contributed by atoms with van der Waals surface area (Å²) < 4.78 is 6.28. The van der Waals surface area contributed by atoms with Crippen LogP contribution in [0, 0.1) is 13.8 Å². The number of carbonyl (C=O) groups excluding carboxylic acids is 1. The number of halogens is 2. The van der Waals surface area contributed by atoms with Gasteiger partial charge in [0.05, 0.1) is 27.9 Å². The number of ether oxygens (including phenoxy) is 1. The molecule has 1 aromatic heterocycles. The molecular weight excluding hydrogens is 367 g/mol. The number of hydrogen-bond acceptors (Lipinski definition) is 4. The van der Waals surface area contributed by atoms with Crippen LogP contribution in [0.2, 0.25) is 10.0 Å². The van der Waals surface area contributed by atoms with Crippen LogP contribution in [0.25, 0.3) is 10.2 Å². The molecule has 0 aliphatic heterocycles. The van der Waals surface area contributed by atoms with Crippen LogP contribution in [0.15, 0.2) is 24.3 Å². The van der Waals surface area contributed by atoms with E-state index in [2.05, 4.69) is 10.3 Å². The molecule has 3 rings (SSSR count). The second-order valence-corrected chi connectivity index (χ2v) is 7.16. The number of amides is 1. The van der Waals surface area contributed by atoms with Gasteiger partial charge in [0.25, 0.3) is 5.91 Å². The van der Waals surface area contributed by atoms with Crippen molar-refractivity contribution in [3.8, 4) is 5.75 Å². The highest BCUT2D eigenvalue weighted by Crippen LogP contribution is 2.34. The number of methoxy groups -OCH3 is 1. The summed E-state index contributed by atoms with van der Waals surface area (Å²) in [4.78, 5) is 17.1. The predicted octanol–water partition coefficient (Wildman–Crippen LogP) is 5.48. The van der Waals surface area contributed by atoms with E-state index in [0.29, 0.717) is 10.2 Å². The number of carbonyl (C=O) groups is 1. The van der Waals surface area contributed by atoms with Gasteiger partial charge in [0.2, 0.25) is 0 Å². The lowest BCUT2D eigenvalue weighted by Crippen LogP contribution is -2.13. The molecule has 0 saturated carbocycles. The molecule has 0 saturated heterocycles. The Morgan fingerprint density at radius 3 is 2.58 bits per heavy atom. The summed E-state index contributed by atoms with van der Waals surface area (Å²) in [5.41, 5.74) is 3.35. The van der Waals surface area contributed by atoms with Crippen molar-refractivity contribution in [2.45, 2.75) is 13.8 Å². The van der Waals surface area contributed by atoms with Crippen LogP contribution < -0.4 is 10.1 Å². The van der Waals surface area contributed by atoms with Crippen LogP contribution in [0.3, 0.4) is 0 Å². The fourth-order valence-corrected chi connectivity index (χ4v) is 3.99. The number of rotatable bonds is 3. The zero-order chi connectivity index (χ0) is 17.4. The molecule has 0 spiro atoms. The van der Waals surface area contributed by atoms with Crippen molar-refractivity contribution in [3.63, 3.8) is 0 Å². The minimum absolute atomic E-state index is 0.266. The third kappa shape index (κ3) is 3.07. The highest BCUT2D eigenvalue weighted by atomic mass is 35.5. The summed E-state index contributed by atoms with van der Waals surface area (Å²) in [6.45, 7) is 4.01. The third-order valence-corrected chi connectivity index (χ3v) is 5.22. The smallest absolute Gasteiger partial charge is 0.261 e. The minimum atomic E-state index is -0.370. The maximum absolute atomic E-state index is 12.6. The van der Waals surface area contributed by atoms with E-state index in [4.69, 9.17) is 27.9 Å². The standard InChI is InChI=1S/C17H14Cl2N2O2S/c1-8-4-5-9(2)15-13(8)20-17(24-15)21-16(22)11-6-10(18)7-12(19)14(11)23-3/h4-7H,1-3H3,(H,20,21,22). The topological polar surface area (TPSA) is 51.2 Å². The van der Waals surface area contributed by atoms with E-state index in [1.807, 2.05) is 26.0 Å². The van der Waals surface area contributed by atoms with Crippen LogP contribution in [0.1, 0.15) is 21.5 Å². The lowest BCUT2D eigenvalue weighted by Gasteiger charge is -2.10. The summed E-state index contributed by atoms with van der Waals surface area (Å²) in [6.07, 6.45) is 0. The molecule has 1 amide bonds. The van der Waals surface area contributed by atoms with E-state index in [0.717, 1.165) is 21.3 Å². The van der Waals surface area contributed by atoms with E-state index < -0.39 is 0 Å². The highest BCUT2D eigenvalue weighted by Gasteiger charge is 2.18. The monoisotopic (exact) mass is 380 g/mol. The molecule has 3 aromatic rings. The van der Waals surface area contributed by atoms with E-state index in [1.165, 1.54) is 30.6 Å². The predicted molar refractivity (Wildman–Crippen MR) is 100 cm³/mol. The van der Waals surface area contributed by atoms with Gasteiger partial charge in [-0.1, -0.05) is 46.7 Å². The number of hydrogen-bond donors (Lipinski definition) is 1. The SMILES string of the molecule is COc1c(Cl)cc(Cl)cc1C(=O)Nc1nc2c(C)ccc(C)c2s1. The van der Waals surface area contributed by atoms with Crippen LogP contribution in [-0.4, -0.2) is 18.0 Å². The van der Waals surface area contributed by atoms with E-state index in [9.17, 15) is 4.79 Å². The van der Waals surface area contributed by atoms with Gasteiger partial charge in [-0.05, 0) is 37.1 Å². The first kappa shape index (κ1) is 17.0. The molecule has 2 aromatic carbocycles. The Kier molecular flexibility index (Phi) is 4.67. The first-order chi connectivity index (χ1) is 11.4. The number of aromatic nitrogens is 1. The average molecular weight is 381 g/mol. The fraction of sp³-hybridized carbons (Fsp3) is 0.176. The lowest BCUT2D eigenvalue weighted by atomic mass is 10.1. The van der Waals surface area contributed by atoms with Crippen LogP contribution in [0.4, 0.5) is 5.13 Å². The summed E-state index contributed by atoms with van der Waals surface area (Å²) >= 11 is 13.5. The lowest BCUT2D eigenvalue weighted by molar-refractivity contribution is 0.102. The normalized spacial score (nSPS) is 10.9. The van der Waals surface area contributed by atoms with E-state index in [1.54, 1.807) is 0 Å². The molecule has 0 aliphatic carbocycles. The van der Waals surface area contributed by atoms with Gasteiger partial charge in [-0.15, -0.1) is 0 Å². The van der Waals surface area contributed by atoms with Crippen molar-refractivity contribution in [2.24, 2.45) is 0 Å². The van der Waals surface area contributed by atoms with Gasteiger partial charge in [-0.25, -0.2) is 4.98 Å². The first-order valence-corrected chi connectivity index (χ1v) is 8.69. The molecule has 7 heteroatoms. The molecule has 0 unspecified atom stereocenters. The van der Waals surface area contributed by atoms with E-state index >= 15 is 0 Å². The summed E-state index contributed by atoms with van der Waals surface area (Å²) in [5, 5.41) is 3.97. The molecule has 0 atom stereocenters. The van der Waals surface area contributed by atoms with Gasteiger partial charge in [-0.2, -0.15) is 0 Å². The molecule has 0 fully saturated rings. The Balaban J connectivity index is 1.99. The van der Waals surface area contributed by atoms with Gasteiger partial charge >= 0.3 is 0 Å². The zero-order valence-electron chi connectivity index (χ0n) is 13.2. The number of anilines is 1. The zero-order valence-corrected chi connectivity index (χ0v) is 15.6. The number of nitrogens with zero attached hydrogens (tertiary/aromatic N) is 1. The van der Waals surface area contributed by atoms with Gasteiger partial charge in [-0.3, -0.25) is 10.1 Å². The number of fused-ring (bicyclic) bond motifs is 1. The van der Waals surface area contributed by atoms with Crippen molar-refractivity contribution in [2.75, 3.05) is 12.4 Å². The molecule has 0 aliphatic rings. The molecule has 1 heterocycles. The summed E-state index contributed by atoms with van der Waals surface area (Å²) in [5.74, 6) is -0.0855. The summed E-state index contributed by atoms with van der Waals surface area (Å²) in [6, 6.07) is 7.11. The molecular formula is C17H14Cl2N2O2S. The first-order valence-electron chi connectivity index (χ1n) is 7.12. The molecule has 0 radical (unpaired) electrons. The molecule has 0 bridgehead atoms. The molecule has 1 N–H and O–H groups in total. The van der Waals surface area contributed by atoms with Crippen LogP contribution >= 0.6 is 34.5 Å². The van der Waals surface area contributed by atoms with Crippen LogP contribution in [-0.2, 0) is 0 Å². The van der Waals surface area contributed by atoms with Gasteiger partial charge < -0.3 is 4.74 Å². The number of thiazole rings is 1. The third-order valence-electron chi connectivity index (χ3n) is 3.62. The Labute approximate surface area is 153 Å². The molecule has 4 nitrogen and oxygen atoms in total. The number of benzene rings is 2. The number of nitrogens with one attached hydrogen (secondary N) is 1. The average Bonchev–Trinajstić information content (AvgIpc) is 2.95. The Bertz CT molecular complexity index is 914. The van der Waals surface area contributed by atoms with Crippen molar-refractivity contribution in [1.29, 1.82) is 0 Å².